The lowest BCUT2D eigenvalue weighted by Gasteiger charge is -2.40. The molecular formula is C14H22ClF3O. The number of hydrogen-bond donors (Lipinski definition) is 0. The van der Waals surface area contributed by atoms with Gasteiger partial charge in [0.25, 0.3) is 0 Å². The van der Waals surface area contributed by atoms with Gasteiger partial charge in [0.05, 0.1) is 6.10 Å². The first kappa shape index (κ1) is 15.4. The quantitative estimate of drug-likeness (QED) is 0.643. The van der Waals surface area contributed by atoms with Crippen molar-refractivity contribution in [3.8, 4) is 0 Å². The Bertz CT molecular complexity index is 287. The third-order valence-electron chi connectivity index (χ3n) is 4.78. The highest BCUT2D eigenvalue weighted by atomic mass is 35.5. The van der Waals surface area contributed by atoms with Crippen LogP contribution in [0.15, 0.2) is 0 Å². The van der Waals surface area contributed by atoms with Gasteiger partial charge in [0, 0.05) is 5.38 Å². The second-order valence-electron chi connectivity index (χ2n) is 6.16. The normalized spacial score (nSPS) is 41.2. The van der Waals surface area contributed by atoms with Crippen LogP contribution in [0.1, 0.15) is 51.9 Å². The van der Waals surface area contributed by atoms with Crippen molar-refractivity contribution < 1.29 is 17.9 Å². The van der Waals surface area contributed by atoms with Gasteiger partial charge in [-0.3, -0.25) is 4.74 Å². The minimum atomic E-state index is -4.50. The molecule has 0 aromatic carbocycles. The second-order valence-corrected chi connectivity index (χ2v) is 6.78. The number of ether oxygens (including phenoxy) is 1. The molecule has 5 heteroatoms. The van der Waals surface area contributed by atoms with E-state index in [9.17, 15) is 13.2 Å². The van der Waals surface area contributed by atoms with Crippen LogP contribution >= 0.6 is 11.6 Å². The van der Waals surface area contributed by atoms with Gasteiger partial charge in [-0.25, -0.2) is 0 Å². The van der Waals surface area contributed by atoms with Crippen molar-refractivity contribution in [3.05, 3.63) is 0 Å². The SMILES string of the molecule is CC1CC(C2CCC(Cl)CC2)CCC1OC(F)(F)F. The second kappa shape index (κ2) is 6.21. The molecule has 0 radical (unpaired) electrons. The predicted molar refractivity (Wildman–Crippen MR) is 69.0 cm³/mol. The van der Waals surface area contributed by atoms with Gasteiger partial charge in [0.15, 0.2) is 0 Å². The first-order valence-corrected chi connectivity index (χ1v) is 7.67. The number of alkyl halides is 4. The predicted octanol–water partition coefficient (Wildman–Crippen LogP) is 5.13. The Morgan fingerprint density at radius 3 is 2.05 bits per heavy atom. The number of hydrogen-bond acceptors (Lipinski definition) is 1. The molecular weight excluding hydrogens is 277 g/mol. The molecule has 2 fully saturated rings. The molecule has 0 bridgehead atoms. The summed E-state index contributed by atoms with van der Waals surface area (Å²) in [6, 6.07) is 0. The monoisotopic (exact) mass is 298 g/mol. The van der Waals surface area contributed by atoms with Gasteiger partial charge in [-0.1, -0.05) is 6.92 Å². The summed E-state index contributed by atoms with van der Waals surface area (Å²) in [5.74, 6) is 1.21. The lowest BCUT2D eigenvalue weighted by Crippen LogP contribution is -2.37. The fourth-order valence-corrected chi connectivity index (χ4v) is 3.99. The average molecular weight is 299 g/mol. The molecule has 2 saturated carbocycles. The average Bonchev–Trinajstić information content (AvgIpc) is 2.31. The molecule has 0 amide bonds. The molecule has 19 heavy (non-hydrogen) atoms. The van der Waals surface area contributed by atoms with Crippen molar-refractivity contribution in [1.82, 2.24) is 0 Å². The van der Waals surface area contributed by atoms with Gasteiger partial charge < -0.3 is 0 Å². The van der Waals surface area contributed by atoms with Crippen molar-refractivity contribution in [2.24, 2.45) is 17.8 Å². The van der Waals surface area contributed by atoms with Crippen molar-refractivity contribution in [2.75, 3.05) is 0 Å². The molecule has 0 N–H and O–H groups in total. The third-order valence-corrected chi connectivity index (χ3v) is 5.22. The van der Waals surface area contributed by atoms with E-state index in [-0.39, 0.29) is 5.92 Å². The lowest BCUT2D eigenvalue weighted by molar-refractivity contribution is -0.351. The maximum Gasteiger partial charge on any atom is 0.522 e. The summed E-state index contributed by atoms with van der Waals surface area (Å²) >= 11 is 6.10. The van der Waals surface area contributed by atoms with E-state index in [1.165, 1.54) is 0 Å². The highest BCUT2D eigenvalue weighted by molar-refractivity contribution is 6.20. The van der Waals surface area contributed by atoms with E-state index < -0.39 is 12.5 Å². The van der Waals surface area contributed by atoms with Crippen LogP contribution < -0.4 is 0 Å². The van der Waals surface area contributed by atoms with Crippen LogP contribution in [-0.4, -0.2) is 17.8 Å². The summed E-state index contributed by atoms with van der Waals surface area (Å²) in [4.78, 5) is 0. The van der Waals surface area contributed by atoms with Crippen LogP contribution in [0.4, 0.5) is 13.2 Å². The summed E-state index contributed by atoms with van der Waals surface area (Å²) < 4.78 is 41.0. The van der Waals surface area contributed by atoms with Crippen LogP contribution in [-0.2, 0) is 4.74 Å². The summed E-state index contributed by atoms with van der Waals surface area (Å²) in [6.07, 6.45) is 1.49. The first-order valence-electron chi connectivity index (χ1n) is 7.23. The van der Waals surface area contributed by atoms with E-state index in [2.05, 4.69) is 4.74 Å². The largest absolute Gasteiger partial charge is 0.522 e. The topological polar surface area (TPSA) is 9.23 Å². The van der Waals surface area contributed by atoms with E-state index in [0.29, 0.717) is 23.6 Å². The molecule has 112 valence electrons. The van der Waals surface area contributed by atoms with E-state index in [0.717, 1.165) is 38.5 Å². The molecule has 0 aromatic rings. The van der Waals surface area contributed by atoms with E-state index in [1.54, 1.807) is 0 Å². The zero-order valence-electron chi connectivity index (χ0n) is 11.3. The molecule has 3 unspecified atom stereocenters. The van der Waals surface area contributed by atoms with Crippen LogP contribution in [0.5, 0.6) is 0 Å². The standard InChI is InChI=1S/C14H22ClF3O/c1-9-8-11(10-2-5-12(15)6-3-10)4-7-13(9)19-14(16,17)18/h9-13H,2-8H2,1H3. The van der Waals surface area contributed by atoms with E-state index in [1.807, 2.05) is 6.92 Å². The molecule has 3 atom stereocenters. The van der Waals surface area contributed by atoms with Gasteiger partial charge in [0.2, 0.25) is 0 Å². The van der Waals surface area contributed by atoms with Gasteiger partial charge in [-0.15, -0.1) is 24.8 Å². The Morgan fingerprint density at radius 2 is 1.53 bits per heavy atom. The van der Waals surface area contributed by atoms with Crippen molar-refractivity contribution in [1.29, 1.82) is 0 Å². The highest BCUT2D eigenvalue weighted by Crippen LogP contribution is 2.42. The van der Waals surface area contributed by atoms with Gasteiger partial charge in [0.1, 0.15) is 0 Å². The van der Waals surface area contributed by atoms with Crippen molar-refractivity contribution in [2.45, 2.75) is 69.7 Å². The van der Waals surface area contributed by atoms with Crippen molar-refractivity contribution >= 4 is 11.6 Å². The molecule has 1 nitrogen and oxygen atoms in total. The summed E-state index contributed by atoms with van der Waals surface area (Å²) in [5, 5.41) is 0.304. The minimum absolute atomic E-state index is 0.00546. The first-order chi connectivity index (χ1) is 8.85. The maximum atomic E-state index is 12.3. The maximum absolute atomic E-state index is 12.3. The zero-order chi connectivity index (χ0) is 14.0. The minimum Gasteiger partial charge on any atom is -0.288 e. The Balaban J connectivity index is 1.82. The Kier molecular flexibility index (Phi) is 5.04. The number of halogens is 4. The van der Waals surface area contributed by atoms with E-state index >= 15 is 0 Å². The fraction of sp³-hybridized carbons (Fsp3) is 1.00. The molecule has 0 heterocycles. The Morgan fingerprint density at radius 1 is 0.947 bits per heavy atom. The zero-order valence-corrected chi connectivity index (χ0v) is 12.0. The molecule has 0 saturated heterocycles. The van der Waals surface area contributed by atoms with Crippen molar-refractivity contribution in [3.63, 3.8) is 0 Å². The molecule has 2 aliphatic carbocycles. The van der Waals surface area contributed by atoms with Crippen LogP contribution in [0.25, 0.3) is 0 Å². The number of rotatable bonds is 2. The van der Waals surface area contributed by atoms with Crippen LogP contribution in [0.2, 0.25) is 0 Å². The summed E-state index contributed by atoms with van der Waals surface area (Å²) in [5.41, 5.74) is 0. The molecule has 0 spiro atoms. The molecule has 0 aliphatic heterocycles. The Hall–Kier alpha value is 0.0400. The molecule has 0 aromatic heterocycles. The van der Waals surface area contributed by atoms with Gasteiger partial charge in [-0.2, -0.15) is 0 Å². The smallest absolute Gasteiger partial charge is 0.288 e. The highest BCUT2D eigenvalue weighted by Gasteiger charge is 2.40. The summed E-state index contributed by atoms with van der Waals surface area (Å²) in [7, 11) is 0. The lowest BCUT2D eigenvalue weighted by atomic mass is 9.70. The van der Waals surface area contributed by atoms with Gasteiger partial charge in [-0.05, 0) is 62.7 Å². The van der Waals surface area contributed by atoms with E-state index in [4.69, 9.17) is 11.6 Å². The van der Waals surface area contributed by atoms with Crippen LogP contribution in [0.3, 0.4) is 0 Å². The van der Waals surface area contributed by atoms with Crippen LogP contribution in [0, 0.1) is 17.8 Å². The fourth-order valence-electron chi connectivity index (χ4n) is 3.73. The molecule has 2 aliphatic rings. The van der Waals surface area contributed by atoms with Gasteiger partial charge >= 0.3 is 6.36 Å². The Labute approximate surface area is 117 Å². The third kappa shape index (κ3) is 4.52. The molecule has 2 rings (SSSR count). The summed E-state index contributed by atoms with van der Waals surface area (Å²) in [6.45, 7) is 1.88.